The molecule has 0 saturated heterocycles. The molecule has 1 atom stereocenters. The third kappa shape index (κ3) is 29.6. The molecule has 0 fully saturated rings. The first-order valence-electron chi connectivity index (χ1n) is 24.0. The molecule has 392 valence electrons. The molecule has 2 aromatic rings. The second kappa shape index (κ2) is 41.1. The highest BCUT2D eigenvalue weighted by atomic mass is 16.6. The van der Waals surface area contributed by atoms with Crippen LogP contribution < -0.4 is 15.5 Å². The van der Waals surface area contributed by atoms with Gasteiger partial charge >= 0.3 is 5.97 Å². The Hall–Kier alpha value is -4.60. The normalized spacial score (nSPS) is 12.3. The van der Waals surface area contributed by atoms with E-state index in [1.54, 1.807) is 12.0 Å². The molecule has 1 heterocycles. The predicted octanol–water partition coefficient (Wildman–Crippen LogP) is 2.40. The molecule has 0 saturated carbocycles. The fourth-order valence-electron chi connectivity index (χ4n) is 6.28. The van der Waals surface area contributed by atoms with Crippen LogP contribution in [-0.2, 0) is 82.6 Å². The van der Waals surface area contributed by atoms with Crippen LogP contribution in [0, 0.1) is 11.8 Å². The number of nitrogens with one attached hydrogen (secondary N) is 2. The highest BCUT2D eigenvalue weighted by Crippen LogP contribution is 2.26. The van der Waals surface area contributed by atoms with Crippen molar-refractivity contribution < 1.29 is 81.1 Å². The summed E-state index contributed by atoms with van der Waals surface area (Å²) in [5, 5.41) is 14.6. The molecule has 0 bridgehead atoms. The molecule has 0 radical (unpaired) electrons. The Morgan fingerprint density at radius 3 is 1.39 bits per heavy atom. The summed E-state index contributed by atoms with van der Waals surface area (Å²) in [5.74, 6) is 4.11. The molecule has 2 aromatic carbocycles. The van der Waals surface area contributed by atoms with Crippen molar-refractivity contribution in [3.05, 3.63) is 65.2 Å². The number of carbonyl (C=O) groups is 4. The largest absolute Gasteiger partial charge is 0.480 e. The van der Waals surface area contributed by atoms with E-state index in [9.17, 15) is 24.3 Å². The van der Waals surface area contributed by atoms with Crippen LogP contribution in [-0.4, -0.2) is 200 Å². The number of nitrogens with zero attached hydrogens (tertiary/aromatic N) is 1. The number of rotatable bonds is 45. The smallest absolute Gasteiger partial charge is 0.328 e. The van der Waals surface area contributed by atoms with Crippen LogP contribution in [0.3, 0.4) is 0 Å². The Labute approximate surface area is 412 Å². The van der Waals surface area contributed by atoms with Crippen molar-refractivity contribution in [2.75, 3.05) is 171 Å². The molecule has 0 aromatic heterocycles. The number of ether oxygens (including phenoxy) is 12. The monoisotopic (exact) mass is 990 g/mol. The van der Waals surface area contributed by atoms with Crippen LogP contribution in [0.4, 0.5) is 5.69 Å². The minimum absolute atomic E-state index is 0.00699. The maximum Gasteiger partial charge on any atom is 0.328 e. The number of para-hydroxylation sites is 1. The Balaban J connectivity index is 1.03. The average Bonchev–Trinajstić information content (AvgIpc) is 3.35. The van der Waals surface area contributed by atoms with Crippen molar-refractivity contribution >= 4 is 29.4 Å². The predicted molar refractivity (Wildman–Crippen MR) is 257 cm³/mol. The summed E-state index contributed by atoms with van der Waals surface area (Å²) in [6, 6.07) is 13.9. The van der Waals surface area contributed by atoms with Crippen molar-refractivity contribution in [2.45, 2.75) is 44.7 Å². The summed E-state index contributed by atoms with van der Waals surface area (Å²) in [7, 11) is 1.64. The summed E-state index contributed by atoms with van der Waals surface area (Å²) in [5.41, 5.74) is 3.31. The molecule has 3 rings (SSSR count). The number of hydrogen-bond acceptors (Lipinski definition) is 16. The Morgan fingerprint density at radius 1 is 0.514 bits per heavy atom. The van der Waals surface area contributed by atoms with Crippen LogP contribution in [0.25, 0.3) is 0 Å². The molecule has 0 spiro atoms. The van der Waals surface area contributed by atoms with Crippen LogP contribution in [0.15, 0.2) is 48.5 Å². The van der Waals surface area contributed by atoms with Gasteiger partial charge in [0.05, 0.1) is 164 Å². The molecular formula is C50H75N3O17. The topological polar surface area (TPSA) is 227 Å². The standard InChI is InChI=1S/C50H75N3O17/c1-59-18-19-61-22-23-63-26-27-65-30-31-67-34-35-69-38-39-70-37-36-68-33-32-66-29-28-64-25-24-62-21-20-60-17-16-47(54)51-40-45(50(57)58)52-48(55)12-6-7-13-49(56)53-41-44-10-3-2-8-42(44)14-15-43-9-4-5-11-46(43)53/h2-5,8-11,45H,6-7,12-13,16-41H2,1H3,(H,51,54)(H,52,55)(H,57,58)/t45-/m0/s1. The number of benzene rings is 2. The van der Waals surface area contributed by atoms with Crippen LogP contribution >= 0.6 is 0 Å². The van der Waals surface area contributed by atoms with Crippen molar-refractivity contribution in [1.82, 2.24) is 10.6 Å². The zero-order valence-electron chi connectivity index (χ0n) is 40.8. The highest BCUT2D eigenvalue weighted by molar-refractivity contribution is 5.95. The van der Waals surface area contributed by atoms with Gasteiger partial charge in [-0.3, -0.25) is 14.4 Å². The van der Waals surface area contributed by atoms with Gasteiger partial charge in [-0.25, -0.2) is 4.79 Å². The molecule has 1 aliphatic heterocycles. The number of amides is 3. The maximum atomic E-state index is 13.4. The minimum Gasteiger partial charge on any atom is -0.480 e. The maximum absolute atomic E-state index is 13.4. The van der Waals surface area contributed by atoms with E-state index in [2.05, 4.69) is 22.5 Å². The van der Waals surface area contributed by atoms with Gasteiger partial charge in [0.2, 0.25) is 17.7 Å². The Bertz CT molecular complexity index is 1780. The second-order valence-electron chi connectivity index (χ2n) is 15.4. The Morgan fingerprint density at radius 2 is 0.914 bits per heavy atom. The number of carboxylic acids is 1. The van der Waals surface area contributed by atoms with Gasteiger partial charge in [-0.1, -0.05) is 42.2 Å². The molecule has 3 N–H and O–H groups in total. The second-order valence-corrected chi connectivity index (χ2v) is 15.4. The first kappa shape index (κ1) is 59.7. The first-order valence-corrected chi connectivity index (χ1v) is 24.0. The van der Waals surface area contributed by atoms with Gasteiger partial charge in [-0.15, -0.1) is 0 Å². The lowest BCUT2D eigenvalue weighted by molar-refractivity contribution is -0.141. The molecule has 0 aliphatic carbocycles. The third-order valence-corrected chi connectivity index (χ3v) is 9.98. The zero-order valence-corrected chi connectivity index (χ0v) is 40.8. The highest BCUT2D eigenvalue weighted by Gasteiger charge is 2.23. The summed E-state index contributed by atoms with van der Waals surface area (Å²) >= 11 is 0. The molecule has 20 heteroatoms. The van der Waals surface area contributed by atoms with Gasteiger partial charge < -0.3 is 77.5 Å². The van der Waals surface area contributed by atoms with Crippen LogP contribution in [0.2, 0.25) is 0 Å². The van der Waals surface area contributed by atoms with E-state index in [0.717, 1.165) is 22.4 Å². The van der Waals surface area contributed by atoms with Crippen LogP contribution in [0.5, 0.6) is 0 Å². The quantitative estimate of drug-likeness (QED) is 0.0640. The average molecular weight is 990 g/mol. The van der Waals surface area contributed by atoms with E-state index in [0.29, 0.717) is 158 Å². The minimum atomic E-state index is -1.31. The molecule has 70 heavy (non-hydrogen) atoms. The van der Waals surface area contributed by atoms with Crippen molar-refractivity contribution in [1.29, 1.82) is 0 Å². The van der Waals surface area contributed by atoms with Crippen molar-refractivity contribution in [3.8, 4) is 11.8 Å². The van der Waals surface area contributed by atoms with Gasteiger partial charge in [0.15, 0.2) is 0 Å². The summed E-state index contributed by atoms with van der Waals surface area (Å²) < 4.78 is 64.9. The van der Waals surface area contributed by atoms with E-state index in [4.69, 9.17) is 56.8 Å². The van der Waals surface area contributed by atoms with Gasteiger partial charge in [0, 0.05) is 44.0 Å². The zero-order chi connectivity index (χ0) is 50.0. The molecule has 20 nitrogen and oxygen atoms in total. The molecular weight excluding hydrogens is 915 g/mol. The summed E-state index contributed by atoms with van der Waals surface area (Å²) in [6.07, 6.45) is 1.05. The van der Waals surface area contributed by atoms with Crippen molar-refractivity contribution in [2.24, 2.45) is 0 Å². The molecule has 1 aliphatic rings. The number of unbranched alkanes of at least 4 members (excludes halogenated alkanes) is 1. The van der Waals surface area contributed by atoms with E-state index >= 15 is 0 Å². The van der Waals surface area contributed by atoms with E-state index in [1.807, 2.05) is 48.5 Å². The number of carboxylic acid groups (broad SMARTS) is 1. The first-order chi connectivity index (χ1) is 34.4. The summed E-state index contributed by atoms with van der Waals surface area (Å²) in [4.78, 5) is 51.8. The summed E-state index contributed by atoms with van der Waals surface area (Å²) in [6.45, 7) is 10.3. The van der Waals surface area contributed by atoms with E-state index in [1.165, 1.54) is 0 Å². The Kier molecular flexibility index (Phi) is 35.0. The van der Waals surface area contributed by atoms with E-state index in [-0.39, 0.29) is 44.9 Å². The fourth-order valence-corrected chi connectivity index (χ4v) is 6.28. The van der Waals surface area contributed by atoms with E-state index < -0.39 is 23.8 Å². The van der Waals surface area contributed by atoms with Crippen LogP contribution in [0.1, 0.15) is 48.8 Å². The van der Waals surface area contributed by atoms with Crippen molar-refractivity contribution in [3.63, 3.8) is 0 Å². The van der Waals surface area contributed by atoms with Gasteiger partial charge in [-0.2, -0.15) is 0 Å². The molecule has 3 amide bonds. The number of aliphatic carboxylic acids is 1. The van der Waals surface area contributed by atoms with Gasteiger partial charge in [0.1, 0.15) is 6.04 Å². The number of fused-ring (bicyclic) bond motifs is 2. The number of hydrogen-bond donors (Lipinski definition) is 3. The van der Waals surface area contributed by atoms with Gasteiger partial charge in [-0.05, 0) is 36.6 Å². The van der Waals surface area contributed by atoms with Gasteiger partial charge in [0.25, 0.3) is 0 Å². The lowest BCUT2D eigenvalue weighted by Crippen LogP contribution is -2.48. The number of carbonyl (C=O) groups excluding carboxylic acids is 3. The fraction of sp³-hybridized carbons (Fsp3) is 0.640. The third-order valence-electron chi connectivity index (χ3n) is 9.98. The SMILES string of the molecule is COCCOCCOCCOCCOCCOCCOCCOCCOCCOCCOCCOCCC(=O)NC[C@H](NC(=O)CCCCC(=O)N1Cc2ccccc2C#Cc2ccccc21)C(=O)O. The molecule has 0 unspecified atom stereocenters. The lowest BCUT2D eigenvalue weighted by Gasteiger charge is -2.26. The lowest BCUT2D eigenvalue weighted by atomic mass is 10.0. The number of anilines is 1. The number of methoxy groups -OCH3 is 1.